The Bertz CT molecular complexity index is 958. The fourth-order valence-electron chi connectivity index (χ4n) is 3.05. The molecule has 0 radical (unpaired) electrons. The first kappa shape index (κ1) is 21.1. The molecular formula is C25H26N2O3. The zero-order valence-electron chi connectivity index (χ0n) is 17.0. The quantitative estimate of drug-likeness (QED) is 0.555. The molecule has 2 N–H and O–H groups in total. The van der Waals surface area contributed by atoms with Gasteiger partial charge in [0.25, 0.3) is 11.8 Å². The molecule has 0 aliphatic rings. The van der Waals surface area contributed by atoms with Crippen LogP contribution in [0.2, 0.25) is 0 Å². The Morgan fingerprint density at radius 3 is 2.20 bits per heavy atom. The number of hydrogen-bond donors (Lipinski definition) is 2. The molecule has 3 rings (SSSR count). The van der Waals surface area contributed by atoms with E-state index in [2.05, 4.69) is 10.6 Å². The predicted molar refractivity (Wildman–Crippen MR) is 119 cm³/mol. The average molecular weight is 402 g/mol. The van der Waals surface area contributed by atoms with Gasteiger partial charge in [-0.2, -0.15) is 0 Å². The first-order valence-electron chi connectivity index (χ1n) is 10.1. The Kier molecular flexibility index (Phi) is 7.61. The summed E-state index contributed by atoms with van der Waals surface area (Å²) in [6, 6.07) is 26.2. The average Bonchev–Trinajstić information content (AvgIpc) is 2.79. The van der Waals surface area contributed by atoms with E-state index >= 15 is 0 Å². The number of nitrogens with one attached hydrogen (secondary N) is 2. The third-order valence-electron chi connectivity index (χ3n) is 4.66. The van der Waals surface area contributed by atoms with Crippen molar-refractivity contribution in [1.29, 1.82) is 0 Å². The van der Waals surface area contributed by atoms with Crippen LogP contribution < -0.4 is 15.4 Å². The van der Waals surface area contributed by atoms with Gasteiger partial charge in [-0.05, 0) is 42.7 Å². The number of hydrogen-bond acceptors (Lipinski definition) is 3. The molecule has 0 fully saturated rings. The van der Waals surface area contributed by atoms with Gasteiger partial charge in [-0.3, -0.25) is 9.59 Å². The van der Waals surface area contributed by atoms with Gasteiger partial charge in [0.05, 0.1) is 11.3 Å². The van der Waals surface area contributed by atoms with Gasteiger partial charge in [-0.25, -0.2) is 0 Å². The van der Waals surface area contributed by atoms with Gasteiger partial charge in [-0.1, -0.05) is 67.6 Å². The normalized spacial score (nSPS) is 11.4. The number of ether oxygens (including phenoxy) is 1. The summed E-state index contributed by atoms with van der Waals surface area (Å²) in [6.07, 6.45) is 0.595. The van der Waals surface area contributed by atoms with Gasteiger partial charge in [-0.15, -0.1) is 0 Å². The van der Waals surface area contributed by atoms with E-state index in [9.17, 15) is 9.59 Å². The van der Waals surface area contributed by atoms with Crippen LogP contribution in [0.3, 0.4) is 0 Å². The smallest absolute Gasteiger partial charge is 0.265 e. The van der Waals surface area contributed by atoms with Crippen LogP contribution in [0, 0.1) is 0 Å². The maximum Gasteiger partial charge on any atom is 0.265 e. The monoisotopic (exact) mass is 402 g/mol. The zero-order chi connectivity index (χ0) is 21.2. The van der Waals surface area contributed by atoms with Crippen LogP contribution >= 0.6 is 0 Å². The van der Waals surface area contributed by atoms with Crippen molar-refractivity contribution in [3.8, 4) is 5.75 Å². The van der Waals surface area contributed by atoms with Crippen LogP contribution in [-0.4, -0.2) is 24.5 Å². The van der Waals surface area contributed by atoms with Crippen LogP contribution in [0.25, 0.3) is 0 Å². The van der Waals surface area contributed by atoms with E-state index in [0.29, 0.717) is 30.0 Å². The number of amides is 2. The van der Waals surface area contributed by atoms with Gasteiger partial charge in [0.1, 0.15) is 5.75 Å². The lowest BCUT2D eigenvalue weighted by Gasteiger charge is -2.18. The van der Waals surface area contributed by atoms with Crippen LogP contribution in [0.15, 0.2) is 84.9 Å². The van der Waals surface area contributed by atoms with E-state index in [0.717, 1.165) is 12.0 Å². The summed E-state index contributed by atoms with van der Waals surface area (Å²) in [4.78, 5) is 25.4. The number of carbonyl (C=O) groups excluding carboxylic acids is 2. The Hall–Kier alpha value is -3.60. The molecule has 0 aliphatic heterocycles. The highest BCUT2D eigenvalue weighted by molar-refractivity contribution is 6.04. The molecule has 0 spiro atoms. The summed E-state index contributed by atoms with van der Waals surface area (Å²) in [6.45, 7) is 2.40. The minimum atomic E-state index is -0.651. The van der Waals surface area contributed by atoms with Crippen molar-refractivity contribution in [3.05, 3.63) is 96.1 Å². The fraction of sp³-hybridized carbons (Fsp3) is 0.200. The minimum absolute atomic E-state index is 0.223. The molecule has 0 unspecified atom stereocenters. The number of rotatable bonds is 9. The van der Waals surface area contributed by atoms with Crippen molar-refractivity contribution in [2.75, 3.05) is 11.9 Å². The predicted octanol–water partition coefficient (Wildman–Crippen LogP) is 4.46. The Morgan fingerprint density at radius 2 is 1.50 bits per heavy atom. The van der Waals surface area contributed by atoms with Crippen molar-refractivity contribution in [3.63, 3.8) is 0 Å². The van der Waals surface area contributed by atoms with Gasteiger partial charge in [0, 0.05) is 6.54 Å². The SMILES string of the molecule is CC[C@@H](Oc1ccccc1)C(=O)Nc1ccccc1C(=O)NCCc1ccccc1. The largest absolute Gasteiger partial charge is 0.481 e. The van der Waals surface area contributed by atoms with E-state index in [1.165, 1.54) is 0 Å². The van der Waals surface area contributed by atoms with E-state index in [4.69, 9.17) is 4.74 Å². The standard InChI is InChI=1S/C25H26N2O3/c1-2-23(30-20-13-7-4-8-14-20)25(29)27-22-16-10-9-15-21(22)24(28)26-18-17-19-11-5-3-6-12-19/h3-16,23H,2,17-18H2,1H3,(H,26,28)(H,27,29)/t23-/m1/s1. The van der Waals surface area contributed by atoms with Gasteiger partial charge >= 0.3 is 0 Å². The highest BCUT2D eigenvalue weighted by Crippen LogP contribution is 2.18. The molecule has 30 heavy (non-hydrogen) atoms. The lowest BCUT2D eigenvalue weighted by atomic mass is 10.1. The van der Waals surface area contributed by atoms with E-state index in [1.807, 2.05) is 67.6 Å². The molecule has 5 nitrogen and oxygen atoms in total. The summed E-state index contributed by atoms with van der Waals surface area (Å²) < 4.78 is 5.80. The zero-order valence-corrected chi connectivity index (χ0v) is 17.0. The second-order valence-corrected chi connectivity index (χ2v) is 6.85. The van der Waals surface area contributed by atoms with Crippen LogP contribution in [0.1, 0.15) is 29.3 Å². The molecule has 0 bridgehead atoms. The van der Waals surface area contributed by atoms with E-state index in [-0.39, 0.29) is 11.8 Å². The Labute approximate surface area is 177 Å². The summed E-state index contributed by atoms with van der Waals surface area (Å²) in [5.74, 6) is 0.121. The number of benzene rings is 3. The molecular weight excluding hydrogens is 376 g/mol. The van der Waals surface area contributed by atoms with Crippen molar-refractivity contribution < 1.29 is 14.3 Å². The van der Waals surface area contributed by atoms with Crippen molar-refractivity contribution in [2.24, 2.45) is 0 Å². The fourth-order valence-corrected chi connectivity index (χ4v) is 3.05. The van der Waals surface area contributed by atoms with E-state index < -0.39 is 6.10 Å². The number of anilines is 1. The lowest BCUT2D eigenvalue weighted by molar-refractivity contribution is -0.122. The van der Waals surface area contributed by atoms with Crippen LogP contribution in [0.5, 0.6) is 5.75 Å². The van der Waals surface area contributed by atoms with Crippen LogP contribution in [0.4, 0.5) is 5.69 Å². The number of carbonyl (C=O) groups is 2. The molecule has 0 heterocycles. The van der Waals surface area contributed by atoms with Crippen molar-refractivity contribution in [2.45, 2.75) is 25.9 Å². The molecule has 0 aliphatic carbocycles. The molecule has 3 aromatic carbocycles. The molecule has 2 amide bonds. The number of para-hydroxylation sites is 2. The first-order chi connectivity index (χ1) is 14.7. The van der Waals surface area contributed by atoms with Gasteiger partial charge < -0.3 is 15.4 Å². The second kappa shape index (κ2) is 10.8. The van der Waals surface area contributed by atoms with Gasteiger partial charge in [0.2, 0.25) is 0 Å². The molecule has 1 atom stereocenters. The summed E-state index contributed by atoms with van der Waals surface area (Å²) in [5, 5.41) is 5.77. The topological polar surface area (TPSA) is 67.4 Å². The molecule has 154 valence electrons. The third kappa shape index (κ3) is 5.95. The second-order valence-electron chi connectivity index (χ2n) is 6.85. The highest BCUT2D eigenvalue weighted by atomic mass is 16.5. The molecule has 3 aromatic rings. The maximum absolute atomic E-state index is 12.8. The molecule has 5 heteroatoms. The summed E-state index contributed by atoms with van der Waals surface area (Å²) in [7, 11) is 0. The molecule has 0 saturated heterocycles. The Morgan fingerprint density at radius 1 is 0.867 bits per heavy atom. The minimum Gasteiger partial charge on any atom is -0.481 e. The van der Waals surface area contributed by atoms with Gasteiger partial charge in [0.15, 0.2) is 6.10 Å². The highest BCUT2D eigenvalue weighted by Gasteiger charge is 2.20. The van der Waals surface area contributed by atoms with Crippen molar-refractivity contribution >= 4 is 17.5 Å². The third-order valence-corrected chi connectivity index (χ3v) is 4.66. The molecule has 0 saturated carbocycles. The summed E-state index contributed by atoms with van der Waals surface area (Å²) in [5.41, 5.74) is 2.05. The Balaban J connectivity index is 1.62. The van der Waals surface area contributed by atoms with Crippen molar-refractivity contribution in [1.82, 2.24) is 5.32 Å². The first-order valence-corrected chi connectivity index (χ1v) is 10.1. The van der Waals surface area contributed by atoms with E-state index in [1.54, 1.807) is 24.3 Å². The lowest BCUT2D eigenvalue weighted by Crippen LogP contribution is -2.33. The summed E-state index contributed by atoms with van der Waals surface area (Å²) >= 11 is 0. The molecule has 0 aromatic heterocycles. The maximum atomic E-state index is 12.8. The van der Waals surface area contributed by atoms with Crippen LogP contribution in [-0.2, 0) is 11.2 Å².